The van der Waals surface area contributed by atoms with Crippen molar-refractivity contribution in [2.24, 2.45) is 0 Å². The molecule has 0 radical (unpaired) electrons. The summed E-state index contributed by atoms with van der Waals surface area (Å²) >= 11 is 3.65. The molecule has 1 aliphatic rings. The third kappa shape index (κ3) is 2.54. The van der Waals surface area contributed by atoms with E-state index in [-0.39, 0.29) is 0 Å². The van der Waals surface area contributed by atoms with Gasteiger partial charge in [-0.25, -0.2) is 0 Å². The van der Waals surface area contributed by atoms with E-state index in [1.807, 2.05) is 0 Å². The lowest BCUT2D eigenvalue weighted by Crippen LogP contribution is -2.29. The summed E-state index contributed by atoms with van der Waals surface area (Å²) in [5.41, 5.74) is 2.77. The van der Waals surface area contributed by atoms with Crippen molar-refractivity contribution >= 4 is 21.6 Å². The fourth-order valence-electron chi connectivity index (χ4n) is 2.17. The zero-order chi connectivity index (χ0) is 10.7. The van der Waals surface area contributed by atoms with Crippen LogP contribution in [-0.4, -0.2) is 13.1 Å². The normalized spacial score (nSPS) is 16.8. The van der Waals surface area contributed by atoms with Crippen molar-refractivity contribution in [1.82, 2.24) is 0 Å². The van der Waals surface area contributed by atoms with Gasteiger partial charge in [-0.05, 0) is 43.4 Å². The molecule has 0 spiro atoms. The number of aryl methyl sites for hydroxylation is 1. The SMILES string of the molecule is CCc1ccc(N2CCCCC2)cc1Br. The molecule has 1 nitrogen and oxygen atoms in total. The van der Waals surface area contributed by atoms with Crippen LogP contribution in [0, 0.1) is 0 Å². The van der Waals surface area contributed by atoms with Crippen LogP contribution < -0.4 is 4.90 Å². The maximum Gasteiger partial charge on any atom is 0.0377 e. The quantitative estimate of drug-likeness (QED) is 0.783. The van der Waals surface area contributed by atoms with E-state index >= 15 is 0 Å². The highest BCUT2D eigenvalue weighted by atomic mass is 79.9. The first-order chi connectivity index (χ1) is 7.31. The number of rotatable bonds is 2. The molecule has 1 aromatic carbocycles. The molecule has 1 aliphatic heterocycles. The zero-order valence-electron chi connectivity index (χ0n) is 9.30. The number of nitrogens with zero attached hydrogens (tertiary/aromatic N) is 1. The van der Waals surface area contributed by atoms with E-state index in [0.717, 1.165) is 6.42 Å². The van der Waals surface area contributed by atoms with Crippen LogP contribution in [0.4, 0.5) is 5.69 Å². The first kappa shape index (κ1) is 11.0. The molecule has 0 unspecified atom stereocenters. The highest BCUT2D eigenvalue weighted by molar-refractivity contribution is 9.10. The van der Waals surface area contributed by atoms with Gasteiger partial charge in [0.15, 0.2) is 0 Å². The Morgan fingerprint density at radius 3 is 2.53 bits per heavy atom. The van der Waals surface area contributed by atoms with Crippen LogP contribution in [0.3, 0.4) is 0 Å². The van der Waals surface area contributed by atoms with Crippen LogP contribution in [0.2, 0.25) is 0 Å². The Hall–Kier alpha value is -0.500. The Labute approximate surface area is 101 Å². The molecule has 1 saturated heterocycles. The molecule has 1 heterocycles. The fourth-order valence-corrected chi connectivity index (χ4v) is 2.82. The van der Waals surface area contributed by atoms with Gasteiger partial charge in [-0.2, -0.15) is 0 Å². The lowest BCUT2D eigenvalue weighted by Gasteiger charge is -2.29. The van der Waals surface area contributed by atoms with Gasteiger partial charge >= 0.3 is 0 Å². The van der Waals surface area contributed by atoms with Crippen molar-refractivity contribution in [3.63, 3.8) is 0 Å². The van der Waals surface area contributed by atoms with Crippen molar-refractivity contribution in [3.8, 4) is 0 Å². The van der Waals surface area contributed by atoms with E-state index in [0.29, 0.717) is 0 Å². The van der Waals surface area contributed by atoms with Gasteiger partial charge in [-0.1, -0.05) is 28.9 Å². The molecule has 1 aromatic rings. The van der Waals surface area contributed by atoms with E-state index in [1.165, 1.54) is 48.1 Å². The molecule has 0 aromatic heterocycles. The zero-order valence-corrected chi connectivity index (χ0v) is 10.9. The van der Waals surface area contributed by atoms with Crippen LogP contribution in [0.25, 0.3) is 0 Å². The Morgan fingerprint density at radius 2 is 1.93 bits per heavy atom. The van der Waals surface area contributed by atoms with Gasteiger partial charge in [0, 0.05) is 23.2 Å². The van der Waals surface area contributed by atoms with Crippen molar-refractivity contribution in [1.29, 1.82) is 0 Å². The molecule has 15 heavy (non-hydrogen) atoms. The molecule has 0 atom stereocenters. The highest BCUT2D eigenvalue weighted by Crippen LogP contribution is 2.26. The molecular weight excluding hydrogens is 250 g/mol. The predicted octanol–water partition coefficient (Wildman–Crippen LogP) is 4.00. The van der Waals surface area contributed by atoms with Crippen LogP contribution in [0.1, 0.15) is 31.7 Å². The number of piperidine rings is 1. The van der Waals surface area contributed by atoms with Crippen molar-refractivity contribution in [2.75, 3.05) is 18.0 Å². The van der Waals surface area contributed by atoms with E-state index in [2.05, 4.69) is 46.0 Å². The molecule has 0 amide bonds. The lowest BCUT2D eigenvalue weighted by atomic mass is 10.1. The molecule has 2 heteroatoms. The predicted molar refractivity (Wildman–Crippen MR) is 69.6 cm³/mol. The number of halogens is 1. The average molecular weight is 268 g/mol. The molecule has 2 rings (SSSR count). The maximum atomic E-state index is 3.65. The molecule has 0 aliphatic carbocycles. The minimum Gasteiger partial charge on any atom is -0.372 e. The molecule has 82 valence electrons. The number of hydrogen-bond donors (Lipinski definition) is 0. The second-order valence-electron chi connectivity index (χ2n) is 4.18. The summed E-state index contributed by atoms with van der Waals surface area (Å²) < 4.78 is 1.26. The van der Waals surface area contributed by atoms with E-state index in [9.17, 15) is 0 Å². The minimum absolute atomic E-state index is 1.10. The van der Waals surface area contributed by atoms with Gasteiger partial charge in [-0.3, -0.25) is 0 Å². The van der Waals surface area contributed by atoms with Gasteiger partial charge in [0.25, 0.3) is 0 Å². The summed E-state index contributed by atoms with van der Waals surface area (Å²) in [6.07, 6.45) is 5.17. The summed E-state index contributed by atoms with van der Waals surface area (Å²) in [4.78, 5) is 2.49. The maximum absolute atomic E-state index is 3.65. The van der Waals surface area contributed by atoms with Gasteiger partial charge in [0.1, 0.15) is 0 Å². The molecule has 1 fully saturated rings. The van der Waals surface area contributed by atoms with Crippen LogP contribution in [0.5, 0.6) is 0 Å². The molecular formula is C13H18BrN. The Bertz CT molecular complexity index is 329. The monoisotopic (exact) mass is 267 g/mol. The van der Waals surface area contributed by atoms with Crippen LogP contribution >= 0.6 is 15.9 Å². The second-order valence-corrected chi connectivity index (χ2v) is 5.03. The van der Waals surface area contributed by atoms with E-state index < -0.39 is 0 Å². The number of anilines is 1. The second kappa shape index (κ2) is 5.02. The van der Waals surface area contributed by atoms with E-state index in [1.54, 1.807) is 0 Å². The van der Waals surface area contributed by atoms with Gasteiger partial charge < -0.3 is 4.90 Å². The first-order valence-electron chi connectivity index (χ1n) is 5.84. The summed E-state index contributed by atoms with van der Waals surface area (Å²) in [6.45, 7) is 4.64. The van der Waals surface area contributed by atoms with Crippen LogP contribution in [0.15, 0.2) is 22.7 Å². The van der Waals surface area contributed by atoms with Crippen molar-refractivity contribution in [2.45, 2.75) is 32.6 Å². The van der Waals surface area contributed by atoms with Crippen molar-refractivity contribution < 1.29 is 0 Å². The largest absolute Gasteiger partial charge is 0.372 e. The minimum atomic E-state index is 1.10. The standard InChI is InChI=1S/C13H18BrN/c1-2-11-6-7-12(10-13(11)14)15-8-4-3-5-9-15/h6-7,10H,2-5,8-9H2,1H3. The Balaban J connectivity index is 2.17. The molecule has 0 bridgehead atoms. The molecule has 0 saturated carbocycles. The lowest BCUT2D eigenvalue weighted by molar-refractivity contribution is 0.578. The summed E-state index contributed by atoms with van der Waals surface area (Å²) in [6, 6.07) is 6.77. The summed E-state index contributed by atoms with van der Waals surface area (Å²) in [5.74, 6) is 0. The van der Waals surface area contributed by atoms with Gasteiger partial charge in [-0.15, -0.1) is 0 Å². The molecule has 0 N–H and O–H groups in total. The fraction of sp³-hybridized carbons (Fsp3) is 0.538. The highest BCUT2D eigenvalue weighted by Gasteiger charge is 2.11. The smallest absolute Gasteiger partial charge is 0.0377 e. The number of hydrogen-bond acceptors (Lipinski definition) is 1. The Morgan fingerprint density at radius 1 is 1.20 bits per heavy atom. The number of benzene rings is 1. The third-order valence-corrected chi connectivity index (χ3v) is 3.88. The summed E-state index contributed by atoms with van der Waals surface area (Å²) in [5, 5.41) is 0. The average Bonchev–Trinajstić information content (AvgIpc) is 2.30. The van der Waals surface area contributed by atoms with Gasteiger partial charge in [0.05, 0.1) is 0 Å². The van der Waals surface area contributed by atoms with Crippen molar-refractivity contribution in [3.05, 3.63) is 28.2 Å². The topological polar surface area (TPSA) is 3.24 Å². The third-order valence-electron chi connectivity index (χ3n) is 3.14. The Kier molecular flexibility index (Phi) is 3.68. The first-order valence-corrected chi connectivity index (χ1v) is 6.64. The van der Waals surface area contributed by atoms with Crippen LogP contribution in [-0.2, 0) is 6.42 Å². The van der Waals surface area contributed by atoms with E-state index in [4.69, 9.17) is 0 Å². The summed E-state index contributed by atoms with van der Waals surface area (Å²) in [7, 11) is 0. The van der Waals surface area contributed by atoms with Gasteiger partial charge in [0.2, 0.25) is 0 Å².